The van der Waals surface area contributed by atoms with Crippen molar-refractivity contribution in [2.24, 2.45) is 0 Å². The van der Waals surface area contributed by atoms with E-state index < -0.39 is 26.5 Å². The third kappa shape index (κ3) is 27.0. The zero-order valence-electron chi connectivity index (χ0n) is 25.7. The smallest absolute Gasteiger partial charge is 0.462 e. The van der Waals surface area contributed by atoms with Crippen molar-refractivity contribution in [3.63, 3.8) is 0 Å². The lowest BCUT2D eigenvalue weighted by Gasteiger charge is -2.19. The summed E-state index contributed by atoms with van der Waals surface area (Å²) in [6.07, 6.45) is 24.1. The zero-order chi connectivity index (χ0) is 29.7. The maximum Gasteiger partial charge on any atom is 0.472 e. The van der Waals surface area contributed by atoms with Crippen LogP contribution < -0.4 is 0 Å². The van der Waals surface area contributed by atoms with Crippen molar-refractivity contribution in [2.75, 3.05) is 19.8 Å². The van der Waals surface area contributed by atoms with E-state index in [1.807, 2.05) is 0 Å². The normalized spacial score (nSPS) is 13.8. The number of hydrogen-bond donors (Lipinski definition) is 1. The predicted octanol–water partition coefficient (Wildman–Crippen LogP) is 8.99. The maximum atomic E-state index is 12.4. The van der Waals surface area contributed by atoms with Crippen molar-refractivity contribution in [2.45, 2.75) is 155 Å². The average Bonchev–Trinajstić information content (AvgIpc) is 2.92. The molecule has 0 aliphatic carbocycles. The first-order valence-electron chi connectivity index (χ1n) is 16.0. The van der Waals surface area contributed by atoms with E-state index in [1.54, 1.807) is 6.92 Å². The van der Waals surface area contributed by atoms with Crippen molar-refractivity contribution in [3.8, 4) is 0 Å². The lowest BCUT2D eigenvalue weighted by molar-refractivity contribution is -0.161. The fourth-order valence-corrected chi connectivity index (χ4v) is 4.95. The van der Waals surface area contributed by atoms with Crippen LogP contribution >= 0.6 is 7.82 Å². The molecule has 0 aliphatic heterocycles. The molecule has 0 spiro atoms. The van der Waals surface area contributed by atoms with Gasteiger partial charge in [0.25, 0.3) is 0 Å². The van der Waals surface area contributed by atoms with Gasteiger partial charge in [0.05, 0.1) is 13.2 Å². The van der Waals surface area contributed by atoms with E-state index in [1.165, 1.54) is 51.4 Å². The van der Waals surface area contributed by atoms with Crippen molar-refractivity contribution in [1.82, 2.24) is 0 Å². The van der Waals surface area contributed by atoms with E-state index in [4.69, 9.17) is 18.5 Å². The van der Waals surface area contributed by atoms with Gasteiger partial charge in [0.2, 0.25) is 0 Å². The van der Waals surface area contributed by atoms with Gasteiger partial charge in [-0.3, -0.25) is 18.6 Å². The Bertz CT molecular complexity index is 682. The summed E-state index contributed by atoms with van der Waals surface area (Å²) in [5.74, 6) is -0.812. The topological polar surface area (TPSA) is 108 Å². The molecule has 0 aromatic carbocycles. The molecule has 0 aromatic rings. The van der Waals surface area contributed by atoms with E-state index >= 15 is 0 Å². The molecule has 0 saturated carbocycles. The van der Waals surface area contributed by atoms with Crippen molar-refractivity contribution in [3.05, 3.63) is 12.2 Å². The van der Waals surface area contributed by atoms with Gasteiger partial charge < -0.3 is 14.4 Å². The highest BCUT2D eigenvalue weighted by Crippen LogP contribution is 2.43. The molecule has 9 heteroatoms. The Morgan fingerprint density at radius 2 is 1.15 bits per heavy atom. The number of allylic oxidation sites excluding steroid dienone is 2. The number of phosphoric acid groups is 1. The van der Waals surface area contributed by atoms with Crippen LogP contribution in [0.3, 0.4) is 0 Å². The molecule has 0 radical (unpaired) electrons. The SMILES string of the molecule is CCCC/C=C\CCCCCCCC(=O)OC(COC(=O)CCCCCCCCCCC)COP(=O)(O)OCC. The highest BCUT2D eigenvalue weighted by atomic mass is 31.2. The summed E-state index contributed by atoms with van der Waals surface area (Å²) >= 11 is 0. The molecular formula is C31H59O8P. The number of unbranched alkanes of at least 4 members (excludes halogenated alkanes) is 15. The number of phosphoric ester groups is 1. The molecule has 0 amide bonds. The van der Waals surface area contributed by atoms with Crippen LogP contribution in [0.2, 0.25) is 0 Å². The molecule has 1 N–H and O–H groups in total. The minimum atomic E-state index is -4.26. The molecule has 40 heavy (non-hydrogen) atoms. The van der Waals surface area contributed by atoms with Gasteiger partial charge in [0.15, 0.2) is 6.10 Å². The quantitative estimate of drug-likeness (QED) is 0.0398. The van der Waals surface area contributed by atoms with Crippen LogP contribution in [-0.2, 0) is 32.7 Å². The van der Waals surface area contributed by atoms with E-state index in [9.17, 15) is 19.0 Å². The molecule has 8 nitrogen and oxygen atoms in total. The molecule has 0 saturated heterocycles. The molecule has 0 heterocycles. The molecule has 0 bridgehead atoms. The largest absolute Gasteiger partial charge is 0.472 e. The minimum absolute atomic E-state index is 0.00109. The second-order valence-corrected chi connectivity index (χ2v) is 11.9. The van der Waals surface area contributed by atoms with Crippen LogP contribution in [0.1, 0.15) is 149 Å². The lowest BCUT2D eigenvalue weighted by Crippen LogP contribution is -2.29. The number of rotatable bonds is 29. The molecule has 0 aromatic heterocycles. The summed E-state index contributed by atoms with van der Waals surface area (Å²) in [4.78, 5) is 34.3. The first kappa shape index (κ1) is 38.8. The van der Waals surface area contributed by atoms with Gasteiger partial charge in [-0.15, -0.1) is 0 Å². The molecule has 2 unspecified atom stereocenters. The Hall–Kier alpha value is -1.21. The average molecular weight is 591 g/mol. The minimum Gasteiger partial charge on any atom is -0.462 e. The zero-order valence-corrected chi connectivity index (χ0v) is 26.6. The highest BCUT2D eigenvalue weighted by Gasteiger charge is 2.25. The number of ether oxygens (including phenoxy) is 2. The standard InChI is InChI=1S/C31H59O8P/c1-4-7-9-11-13-15-16-18-20-22-24-26-31(33)39-29(28-38-40(34,35)37-6-3)27-36-30(32)25-23-21-19-17-14-12-10-8-5-2/h11,13,29H,4-10,12,14-28H2,1-3H3,(H,34,35)/b13-11-. The summed E-state index contributed by atoms with van der Waals surface area (Å²) in [5.41, 5.74) is 0. The van der Waals surface area contributed by atoms with Crippen LogP contribution in [-0.4, -0.2) is 42.8 Å². The molecule has 0 aliphatic rings. The second-order valence-electron chi connectivity index (χ2n) is 10.5. The van der Waals surface area contributed by atoms with Crippen molar-refractivity contribution < 1.29 is 37.6 Å². The van der Waals surface area contributed by atoms with Gasteiger partial charge in [-0.1, -0.05) is 109 Å². The van der Waals surface area contributed by atoms with Gasteiger partial charge in [-0.05, 0) is 39.0 Å². The van der Waals surface area contributed by atoms with Crippen LogP contribution in [0.25, 0.3) is 0 Å². The number of esters is 2. The van der Waals surface area contributed by atoms with E-state index in [0.29, 0.717) is 12.8 Å². The van der Waals surface area contributed by atoms with Gasteiger partial charge in [0.1, 0.15) is 6.61 Å². The van der Waals surface area contributed by atoms with Crippen LogP contribution in [0.5, 0.6) is 0 Å². The summed E-state index contributed by atoms with van der Waals surface area (Å²) in [5, 5.41) is 0. The predicted molar refractivity (Wildman–Crippen MR) is 161 cm³/mol. The van der Waals surface area contributed by atoms with Crippen molar-refractivity contribution in [1.29, 1.82) is 0 Å². The van der Waals surface area contributed by atoms with E-state index in [0.717, 1.165) is 57.8 Å². The fourth-order valence-electron chi connectivity index (χ4n) is 4.20. The number of hydrogen-bond acceptors (Lipinski definition) is 7. The Labute approximate surface area is 244 Å². The number of carbonyl (C=O) groups excluding carboxylic acids is 2. The monoisotopic (exact) mass is 590 g/mol. The highest BCUT2D eigenvalue weighted by molar-refractivity contribution is 7.47. The van der Waals surface area contributed by atoms with Crippen LogP contribution in [0.4, 0.5) is 0 Å². The third-order valence-electron chi connectivity index (χ3n) is 6.57. The van der Waals surface area contributed by atoms with Crippen molar-refractivity contribution >= 4 is 19.8 Å². The summed E-state index contributed by atoms with van der Waals surface area (Å²) < 4.78 is 32.3. The first-order chi connectivity index (χ1) is 19.3. The van der Waals surface area contributed by atoms with Gasteiger partial charge in [0, 0.05) is 12.8 Å². The fraction of sp³-hybridized carbons (Fsp3) is 0.871. The third-order valence-corrected chi connectivity index (χ3v) is 7.63. The molecule has 0 rings (SSSR count). The Morgan fingerprint density at radius 1 is 0.650 bits per heavy atom. The van der Waals surface area contributed by atoms with Crippen LogP contribution in [0, 0.1) is 0 Å². The molecule has 236 valence electrons. The Kier molecular flexibility index (Phi) is 27.1. The van der Waals surface area contributed by atoms with Gasteiger partial charge in [-0.25, -0.2) is 4.57 Å². The summed E-state index contributed by atoms with van der Waals surface area (Å²) in [6, 6.07) is 0. The van der Waals surface area contributed by atoms with Gasteiger partial charge in [-0.2, -0.15) is 0 Å². The number of carbonyl (C=O) groups is 2. The Morgan fingerprint density at radius 3 is 1.73 bits per heavy atom. The molecule has 0 fully saturated rings. The molecular weight excluding hydrogens is 531 g/mol. The molecule has 2 atom stereocenters. The van der Waals surface area contributed by atoms with E-state index in [-0.39, 0.29) is 25.6 Å². The summed E-state index contributed by atoms with van der Waals surface area (Å²) in [6.45, 7) is 5.37. The summed E-state index contributed by atoms with van der Waals surface area (Å²) in [7, 11) is -4.26. The lowest BCUT2D eigenvalue weighted by atomic mass is 10.1. The maximum absolute atomic E-state index is 12.4. The van der Waals surface area contributed by atoms with E-state index in [2.05, 4.69) is 26.0 Å². The van der Waals surface area contributed by atoms with Gasteiger partial charge >= 0.3 is 19.8 Å². The Balaban J connectivity index is 4.26. The van der Waals surface area contributed by atoms with Crippen LogP contribution in [0.15, 0.2) is 12.2 Å². The first-order valence-corrected chi connectivity index (χ1v) is 17.5. The second kappa shape index (κ2) is 27.9.